The van der Waals surface area contributed by atoms with Gasteiger partial charge in [0.25, 0.3) is 0 Å². The first-order chi connectivity index (χ1) is 6.40. The van der Waals surface area contributed by atoms with Crippen molar-refractivity contribution in [2.45, 2.75) is 20.0 Å². The van der Waals surface area contributed by atoms with Gasteiger partial charge in [0.1, 0.15) is 12.4 Å². The SMILES string of the molecule is CCc1ccc2c(c1)OCCOC2. The molecule has 1 aliphatic rings. The Hall–Kier alpha value is -1.02. The Kier molecular flexibility index (Phi) is 2.50. The molecule has 1 aromatic rings. The molecule has 0 atom stereocenters. The normalized spacial score (nSPS) is 15.8. The number of aryl methyl sites for hydroxylation is 1. The van der Waals surface area contributed by atoms with E-state index in [1.165, 1.54) is 5.56 Å². The van der Waals surface area contributed by atoms with E-state index in [0.29, 0.717) is 19.8 Å². The molecule has 0 unspecified atom stereocenters. The van der Waals surface area contributed by atoms with Crippen LogP contribution in [0.4, 0.5) is 0 Å². The van der Waals surface area contributed by atoms with Crippen LogP contribution in [0, 0.1) is 0 Å². The quantitative estimate of drug-likeness (QED) is 0.656. The van der Waals surface area contributed by atoms with Gasteiger partial charge in [-0.3, -0.25) is 0 Å². The van der Waals surface area contributed by atoms with Gasteiger partial charge >= 0.3 is 0 Å². The third-order valence-corrected chi connectivity index (χ3v) is 2.28. The average molecular weight is 178 g/mol. The Morgan fingerprint density at radius 1 is 1.31 bits per heavy atom. The second-order valence-corrected chi connectivity index (χ2v) is 3.20. The van der Waals surface area contributed by atoms with Crippen LogP contribution in [0.25, 0.3) is 0 Å². The molecule has 0 aromatic heterocycles. The minimum atomic E-state index is 0.667. The second-order valence-electron chi connectivity index (χ2n) is 3.20. The molecule has 1 aliphatic heterocycles. The molecule has 13 heavy (non-hydrogen) atoms. The molecule has 0 N–H and O–H groups in total. The number of ether oxygens (including phenoxy) is 2. The molecule has 0 radical (unpaired) electrons. The predicted molar refractivity (Wildman–Crippen MR) is 51.0 cm³/mol. The van der Waals surface area contributed by atoms with Gasteiger partial charge in [-0.25, -0.2) is 0 Å². The van der Waals surface area contributed by atoms with Crippen LogP contribution < -0.4 is 4.74 Å². The van der Waals surface area contributed by atoms with Gasteiger partial charge in [-0.2, -0.15) is 0 Å². The lowest BCUT2D eigenvalue weighted by Gasteiger charge is -2.07. The molecule has 0 saturated carbocycles. The Morgan fingerprint density at radius 3 is 3.08 bits per heavy atom. The molecule has 0 saturated heterocycles. The lowest BCUT2D eigenvalue weighted by atomic mass is 10.1. The maximum Gasteiger partial charge on any atom is 0.125 e. The number of fused-ring (bicyclic) bond motifs is 1. The van der Waals surface area contributed by atoms with Crippen molar-refractivity contribution in [3.63, 3.8) is 0 Å². The van der Waals surface area contributed by atoms with Gasteiger partial charge in [0.05, 0.1) is 13.2 Å². The highest BCUT2D eigenvalue weighted by Gasteiger charge is 2.08. The van der Waals surface area contributed by atoms with E-state index >= 15 is 0 Å². The van der Waals surface area contributed by atoms with E-state index in [2.05, 4.69) is 25.1 Å². The summed E-state index contributed by atoms with van der Waals surface area (Å²) in [5.74, 6) is 0.997. The number of hydrogen-bond acceptors (Lipinski definition) is 2. The van der Waals surface area contributed by atoms with Gasteiger partial charge in [0.2, 0.25) is 0 Å². The summed E-state index contributed by atoms with van der Waals surface area (Å²) in [4.78, 5) is 0. The van der Waals surface area contributed by atoms with Crippen molar-refractivity contribution >= 4 is 0 Å². The third-order valence-electron chi connectivity index (χ3n) is 2.28. The molecule has 1 aromatic carbocycles. The monoisotopic (exact) mass is 178 g/mol. The van der Waals surface area contributed by atoms with Crippen LogP contribution in [0.15, 0.2) is 18.2 Å². The highest BCUT2D eigenvalue weighted by molar-refractivity contribution is 5.37. The van der Waals surface area contributed by atoms with Crippen LogP contribution >= 0.6 is 0 Å². The first kappa shape index (κ1) is 8.57. The summed E-state index contributed by atoms with van der Waals surface area (Å²) in [6, 6.07) is 6.35. The molecular formula is C11H14O2. The van der Waals surface area contributed by atoms with Crippen molar-refractivity contribution in [2.75, 3.05) is 13.2 Å². The Morgan fingerprint density at radius 2 is 2.23 bits per heavy atom. The fraction of sp³-hybridized carbons (Fsp3) is 0.455. The summed E-state index contributed by atoms with van der Waals surface area (Å²) in [7, 11) is 0. The summed E-state index contributed by atoms with van der Waals surface area (Å²) < 4.78 is 10.9. The van der Waals surface area contributed by atoms with Crippen LogP contribution in [0.1, 0.15) is 18.1 Å². The van der Waals surface area contributed by atoms with E-state index in [1.807, 2.05) is 0 Å². The zero-order chi connectivity index (χ0) is 9.10. The summed E-state index contributed by atoms with van der Waals surface area (Å²) >= 11 is 0. The van der Waals surface area contributed by atoms with Crippen LogP contribution in [0.2, 0.25) is 0 Å². The van der Waals surface area contributed by atoms with E-state index in [1.54, 1.807) is 0 Å². The predicted octanol–water partition coefficient (Wildman–Crippen LogP) is 2.16. The second kappa shape index (κ2) is 3.79. The van der Waals surface area contributed by atoms with Crippen molar-refractivity contribution in [1.82, 2.24) is 0 Å². The third kappa shape index (κ3) is 1.83. The van der Waals surface area contributed by atoms with Crippen LogP contribution in [-0.2, 0) is 17.8 Å². The zero-order valence-electron chi connectivity index (χ0n) is 7.88. The largest absolute Gasteiger partial charge is 0.491 e. The first-order valence-electron chi connectivity index (χ1n) is 4.72. The average Bonchev–Trinajstić information content (AvgIpc) is 2.41. The summed E-state index contributed by atoms with van der Waals surface area (Å²) in [5.41, 5.74) is 2.48. The fourth-order valence-electron chi connectivity index (χ4n) is 1.47. The minimum absolute atomic E-state index is 0.667. The van der Waals surface area contributed by atoms with E-state index in [9.17, 15) is 0 Å². The molecule has 0 spiro atoms. The van der Waals surface area contributed by atoms with Crippen molar-refractivity contribution < 1.29 is 9.47 Å². The molecule has 2 rings (SSSR count). The van der Waals surface area contributed by atoms with Gasteiger partial charge in [0, 0.05) is 5.56 Å². The Labute approximate surface area is 78.5 Å². The molecule has 0 fully saturated rings. The van der Waals surface area contributed by atoms with Crippen molar-refractivity contribution in [3.05, 3.63) is 29.3 Å². The standard InChI is InChI=1S/C11H14O2/c1-2-9-3-4-10-8-12-5-6-13-11(10)7-9/h3-4,7H,2,5-6,8H2,1H3. The van der Waals surface area contributed by atoms with Crippen molar-refractivity contribution in [3.8, 4) is 5.75 Å². The zero-order valence-corrected chi connectivity index (χ0v) is 7.88. The molecule has 0 aliphatic carbocycles. The van der Waals surface area contributed by atoms with E-state index in [4.69, 9.17) is 9.47 Å². The van der Waals surface area contributed by atoms with Crippen molar-refractivity contribution in [1.29, 1.82) is 0 Å². The van der Waals surface area contributed by atoms with E-state index in [0.717, 1.165) is 17.7 Å². The maximum atomic E-state index is 5.57. The highest BCUT2D eigenvalue weighted by atomic mass is 16.5. The Balaban J connectivity index is 2.32. The van der Waals surface area contributed by atoms with Gasteiger partial charge in [-0.1, -0.05) is 19.1 Å². The van der Waals surface area contributed by atoms with Crippen LogP contribution in [-0.4, -0.2) is 13.2 Å². The highest BCUT2D eigenvalue weighted by Crippen LogP contribution is 2.23. The molecule has 0 bridgehead atoms. The summed E-state index contributed by atoms with van der Waals surface area (Å²) in [6.07, 6.45) is 1.05. The fourth-order valence-corrected chi connectivity index (χ4v) is 1.47. The molecule has 0 amide bonds. The summed E-state index contributed by atoms with van der Waals surface area (Å²) in [6.45, 7) is 4.19. The minimum Gasteiger partial charge on any atom is -0.491 e. The molecule has 2 nitrogen and oxygen atoms in total. The lowest BCUT2D eigenvalue weighted by Crippen LogP contribution is -2.01. The van der Waals surface area contributed by atoms with Gasteiger partial charge in [-0.15, -0.1) is 0 Å². The van der Waals surface area contributed by atoms with E-state index < -0.39 is 0 Å². The Bertz CT molecular complexity index is 294. The van der Waals surface area contributed by atoms with Crippen LogP contribution in [0.3, 0.4) is 0 Å². The van der Waals surface area contributed by atoms with Gasteiger partial charge < -0.3 is 9.47 Å². The number of rotatable bonds is 1. The summed E-state index contributed by atoms with van der Waals surface area (Å²) in [5, 5.41) is 0. The molecular weight excluding hydrogens is 164 g/mol. The van der Waals surface area contributed by atoms with Crippen LogP contribution in [0.5, 0.6) is 5.75 Å². The van der Waals surface area contributed by atoms with Gasteiger partial charge in [0.15, 0.2) is 0 Å². The van der Waals surface area contributed by atoms with Gasteiger partial charge in [-0.05, 0) is 18.1 Å². The first-order valence-corrected chi connectivity index (χ1v) is 4.72. The topological polar surface area (TPSA) is 18.5 Å². The lowest BCUT2D eigenvalue weighted by molar-refractivity contribution is 0.107. The number of benzene rings is 1. The van der Waals surface area contributed by atoms with Crippen molar-refractivity contribution in [2.24, 2.45) is 0 Å². The molecule has 1 heterocycles. The number of hydrogen-bond donors (Lipinski definition) is 0. The van der Waals surface area contributed by atoms with E-state index in [-0.39, 0.29) is 0 Å². The maximum absolute atomic E-state index is 5.57. The smallest absolute Gasteiger partial charge is 0.125 e. The molecule has 2 heteroatoms. The molecule has 70 valence electrons.